The Hall–Kier alpha value is -2.89. The molecule has 0 fully saturated rings. The molecule has 0 unspecified atom stereocenters. The smallest absolute Gasteiger partial charge is 0.408 e. The highest BCUT2D eigenvalue weighted by atomic mass is 19.1. The van der Waals surface area contributed by atoms with Crippen LogP contribution in [0.3, 0.4) is 0 Å². The summed E-state index contributed by atoms with van der Waals surface area (Å²) in [6.07, 6.45) is 0.143. The normalized spacial score (nSPS) is 10.9. The lowest BCUT2D eigenvalue weighted by Crippen LogP contribution is -2.25. The van der Waals surface area contributed by atoms with Crippen molar-refractivity contribution in [1.82, 2.24) is 9.88 Å². The number of fused-ring (bicyclic) bond motifs is 1. The van der Waals surface area contributed by atoms with Gasteiger partial charge in [0.25, 0.3) is 0 Å². The van der Waals surface area contributed by atoms with Crippen molar-refractivity contribution < 1.29 is 13.6 Å². The molecule has 0 radical (unpaired) electrons. The Labute approximate surface area is 131 Å². The quantitative estimate of drug-likeness (QED) is 0.802. The number of carbonyl (C=O) groups excluding carboxylic acids is 1. The number of nitrogens with zero attached hydrogens (tertiary/aromatic N) is 1. The van der Waals surface area contributed by atoms with Gasteiger partial charge in [-0.2, -0.15) is 0 Å². The van der Waals surface area contributed by atoms with Gasteiger partial charge in [0, 0.05) is 19.2 Å². The lowest BCUT2D eigenvalue weighted by atomic mass is 10.1. The zero-order valence-corrected chi connectivity index (χ0v) is 12.5. The first-order valence-electron chi connectivity index (χ1n) is 7.13. The average molecular weight is 314 g/mol. The number of aryl methyl sites for hydroxylation is 1. The summed E-state index contributed by atoms with van der Waals surface area (Å²) in [6, 6.07) is 11.4. The minimum Gasteiger partial charge on any atom is -0.408 e. The summed E-state index contributed by atoms with van der Waals surface area (Å²) < 4.78 is 19.9. The minimum absolute atomic E-state index is 0.137. The molecule has 3 rings (SSSR count). The summed E-state index contributed by atoms with van der Waals surface area (Å²) in [6.45, 7) is 0.137. The van der Waals surface area contributed by atoms with E-state index in [0.29, 0.717) is 16.7 Å². The molecule has 23 heavy (non-hydrogen) atoms. The molecule has 0 aliphatic rings. The second-order valence-corrected chi connectivity index (χ2v) is 5.27. The molecule has 1 heterocycles. The van der Waals surface area contributed by atoms with E-state index in [-0.39, 0.29) is 24.7 Å². The Morgan fingerprint density at radius 1 is 1.26 bits per heavy atom. The summed E-state index contributed by atoms with van der Waals surface area (Å²) in [7, 11) is 1.61. The number of benzene rings is 2. The summed E-state index contributed by atoms with van der Waals surface area (Å²) in [5.74, 6) is -1.01. The molecule has 0 atom stereocenters. The zero-order chi connectivity index (χ0) is 16.4. The number of halogens is 1. The van der Waals surface area contributed by atoms with Gasteiger partial charge in [-0.25, -0.2) is 9.18 Å². The molecule has 0 bridgehead atoms. The number of hydrogen-bond acceptors (Lipinski definition) is 3. The van der Waals surface area contributed by atoms with Crippen LogP contribution in [0.25, 0.3) is 11.1 Å². The van der Waals surface area contributed by atoms with Crippen molar-refractivity contribution in [2.45, 2.75) is 13.0 Å². The van der Waals surface area contributed by atoms with Crippen LogP contribution in [0.5, 0.6) is 0 Å². The fourth-order valence-electron chi connectivity index (χ4n) is 2.37. The van der Waals surface area contributed by atoms with Crippen LogP contribution in [0, 0.1) is 5.82 Å². The molecule has 118 valence electrons. The molecule has 0 aliphatic carbocycles. The number of hydrogen-bond donors (Lipinski definition) is 1. The number of nitrogens with one attached hydrogen (secondary N) is 1. The SMILES string of the molecule is Cn1c(=O)oc2ccc(CC(=O)NCc3ccccc3F)cc21. The molecule has 0 saturated carbocycles. The van der Waals surface area contributed by atoms with E-state index in [4.69, 9.17) is 4.42 Å². The number of oxazole rings is 1. The van der Waals surface area contributed by atoms with Gasteiger partial charge in [0.1, 0.15) is 5.82 Å². The van der Waals surface area contributed by atoms with Crippen LogP contribution in [0.15, 0.2) is 51.7 Å². The molecular weight excluding hydrogens is 299 g/mol. The van der Waals surface area contributed by atoms with E-state index in [1.165, 1.54) is 10.6 Å². The largest absolute Gasteiger partial charge is 0.419 e. The van der Waals surface area contributed by atoms with Crippen molar-refractivity contribution in [2.75, 3.05) is 0 Å². The van der Waals surface area contributed by atoms with Gasteiger partial charge in [-0.1, -0.05) is 24.3 Å². The van der Waals surface area contributed by atoms with E-state index >= 15 is 0 Å². The van der Waals surface area contributed by atoms with Crippen molar-refractivity contribution in [1.29, 1.82) is 0 Å². The lowest BCUT2D eigenvalue weighted by molar-refractivity contribution is -0.120. The van der Waals surface area contributed by atoms with Gasteiger partial charge in [-0.15, -0.1) is 0 Å². The summed E-state index contributed by atoms with van der Waals surface area (Å²) >= 11 is 0. The van der Waals surface area contributed by atoms with Gasteiger partial charge in [0.15, 0.2) is 5.58 Å². The Balaban J connectivity index is 1.69. The van der Waals surface area contributed by atoms with Crippen molar-refractivity contribution in [2.24, 2.45) is 7.05 Å². The van der Waals surface area contributed by atoms with Crippen molar-refractivity contribution in [3.05, 3.63) is 70.0 Å². The van der Waals surface area contributed by atoms with Gasteiger partial charge in [-0.3, -0.25) is 9.36 Å². The minimum atomic E-state index is -0.443. The predicted molar refractivity (Wildman–Crippen MR) is 83.4 cm³/mol. The number of amides is 1. The zero-order valence-electron chi connectivity index (χ0n) is 12.5. The van der Waals surface area contributed by atoms with E-state index in [2.05, 4.69) is 5.32 Å². The van der Waals surface area contributed by atoms with Gasteiger partial charge in [0.05, 0.1) is 11.9 Å². The highest BCUT2D eigenvalue weighted by molar-refractivity contribution is 5.81. The van der Waals surface area contributed by atoms with Crippen LogP contribution >= 0.6 is 0 Å². The van der Waals surface area contributed by atoms with E-state index in [9.17, 15) is 14.0 Å². The first kappa shape index (κ1) is 15.0. The van der Waals surface area contributed by atoms with E-state index < -0.39 is 5.76 Å². The molecule has 1 amide bonds. The second kappa shape index (κ2) is 6.08. The molecule has 0 spiro atoms. The standard InChI is InChI=1S/C17H15FN2O3/c1-20-14-8-11(6-7-15(14)23-17(20)22)9-16(21)19-10-12-4-2-3-5-13(12)18/h2-8H,9-10H2,1H3,(H,19,21). The maximum atomic E-state index is 13.5. The maximum Gasteiger partial charge on any atom is 0.419 e. The van der Waals surface area contributed by atoms with Gasteiger partial charge in [0.2, 0.25) is 5.91 Å². The van der Waals surface area contributed by atoms with E-state index in [0.717, 1.165) is 5.56 Å². The molecule has 1 aromatic heterocycles. The van der Waals surface area contributed by atoms with Crippen molar-refractivity contribution in [3.8, 4) is 0 Å². The summed E-state index contributed by atoms with van der Waals surface area (Å²) in [4.78, 5) is 23.4. The monoisotopic (exact) mass is 314 g/mol. The second-order valence-electron chi connectivity index (χ2n) is 5.27. The highest BCUT2D eigenvalue weighted by Crippen LogP contribution is 2.14. The Morgan fingerprint density at radius 3 is 2.83 bits per heavy atom. The fourth-order valence-corrected chi connectivity index (χ4v) is 2.37. The van der Waals surface area contributed by atoms with E-state index in [1.807, 2.05) is 0 Å². The first-order valence-corrected chi connectivity index (χ1v) is 7.13. The molecule has 0 aliphatic heterocycles. The molecule has 3 aromatic rings. The van der Waals surface area contributed by atoms with Crippen LogP contribution in [-0.4, -0.2) is 10.5 Å². The highest BCUT2D eigenvalue weighted by Gasteiger charge is 2.09. The van der Waals surface area contributed by atoms with Gasteiger partial charge < -0.3 is 9.73 Å². The maximum absolute atomic E-state index is 13.5. The molecule has 2 aromatic carbocycles. The molecule has 1 N–H and O–H groups in total. The average Bonchev–Trinajstić information content (AvgIpc) is 2.81. The third-order valence-electron chi connectivity index (χ3n) is 3.65. The first-order chi connectivity index (χ1) is 11.0. The lowest BCUT2D eigenvalue weighted by Gasteiger charge is -2.06. The Kier molecular flexibility index (Phi) is 3.97. The predicted octanol–water partition coefficient (Wildman–Crippen LogP) is 2.13. The molecule has 5 nitrogen and oxygen atoms in total. The third kappa shape index (κ3) is 3.15. The topological polar surface area (TPSA) is 64.2 Å². The van der Waals surface area contributed by atoms with Gasteiger partial charge in [-0.05, 0) is 23.8 Å². The summed E-state index contributed by atoms with van der Waals surface area (Å²) in [5.41, 5.74) is 2.30. The summed E-state index contributed by atoms with van der Waals surface area (Å²) in [5, 5.41) is 2.69. The molecular formula is C17H15FN2O3. The van der Waals surface area contributed by atoms with Gasteiger partial charge >= 0.3 is 5.76 Å². The van der Waals surface area contributed by atoms with Crippen molar-refractivity contribution >= 4 is 17.0 Å². The number of carbonyl (C=O) groups is 1. The Morgan fingerprint density at radius 2 is 2.04 bits per heavy atom. The van der Waals surface area contributed by atoms with Crippen LogP contribution < -0.4 is 11.1 Å². The van der Waals surface area contributed by atoms with Crippen LogP contribution in [-0.2, 0) is 24.8 Å². The number of aromatic nitrogens is 1. The Bertz CT molecular complexity index is 927. The van der Waals surface area contributed by atoms with Crippen LogP contribution in [0.1, 0.15) is 11.1 Å². The van der Waals surface area contributed by atoms with Crippen LogP contribution in [0.2, 0.25) is 0 Å². The molecule has 6 heteroatoms. The van der Waals surface area contributed by atoms with Crippen molar-refractivity contribution in [3.63, 3.8) is 0 Å². The molecule has 0 saturated heterocycles. The van der Waals surface area contributed by atoms with E-state index in [1.54, 1.807) is 43.4 Å². The third-order valence-corrected chi connectivity index (χ3v) is 3.65. The number of rotatable bonds is 4. The fraction of sp³-hybridized carbons (Fsp3) is 0.176. The van der Waals surface area contributed by atoms with Crippen LogP contribution in [0.4, 0.5) is 4.39 Å².